The molecule has 0 aliphatic carbocycles. The van der Waals surface area contributed by atoms with Crippen molar-refractivity contribution in [3.8, 4) is 11.5 Å². The molecule has 0 heterocycles. The topological polar surface area (TPSA) is 93.7 Å². The van der Waals surface area contributed by atoms with Crippen LogP contribution >= 0.6 is 0 Å². The van der Waals surface area contributed by atoms with E-state index in [-0.39, 0.29) is 10.9 Å². The summed E-state index contributed by atoms with van der Waals surface area (Å²) in [6, 6.07) is 10.5. The van der Waals surface area contributed by atoms with Crippen molar-refractivity contribution in [1.82, 2.24) is 4.72 Å². The van der Waals surface area contributed by atoms with Gasteiger partial charge in [0.25, 0.3) is 5.91 Å². The Morgan fingerprint density at radius 1 is 1.00 bits per heavy atom. The van der Waals surface area contributed by atoms with E-state index in [1.165, 1.54) is 38.5 Å². The number of benzene rings is 2. The molecule has 0 fully saturated rings. The molecule has 0 unspecified atom stereocenters. The molecule has 0 saturated heterocycles. The van der Waals surface area contributed by atoms with Gasteiger partial charge in [0, 0.05) is 17.7 Å². The maximum atomic E-state index is 12.4. The maximum Gasteiger partial charge on any atom is 0.255 e. The van der Waals surface area contributed by atoms with Crippen LogP contribution in [0.1, 0.15) is 24.2 Å². The third kappa shape index (κ3) is 4.74. The fraction of sp³-hybridized carbons (Fsp3) is 0.278. The van der Waals surface area contributed by atoms with Crippen molar-refractivity contribution in [1.29, 1.82) is 0 Å². The second kappa shape index (κ2) is 8.20. The van der Waals surface area contributed by atoms with Crippen molar-refractivity contribution in [2.24, 2.45) is 0 Å². The summed E-state index contributed by atoms with van der Waals surface area (Å²) < 4.78 is 37.1. The summed E-state index contributed by atoms with van der Waals surface area (Å²) in [5.41, 5.74) is 0.772. The maximum absolute atomic E-state index is 12.4. The Kier molecular flexibility index (Phi) is 6.23. The molecule has 26 heavy (non-hydrogen) atoms. The molecule has 0 saturated carbocycles. The van der Waals surface area contributed by atoms with E-state index in [0.29, 0.717) is 22.7 Å². The van der Waals surface area contributed by atoms with E-state index < -0.39 is 15.9 Å². The number of carbonyl (C=O) groups is 1. The fourth-order valence-electron chi connectivity index (χ4n) is 2.27. The highest BCUT2D eigenvalue weighted by atomic mass is 32.2. The zero-order valence-electron chi connectivity index (χ0n) is 15.1. The number of carbonyl (C=O) groups excluding carboxylic acids is 1. The number of amides is 1. The number of anilines is 1. The van der Waals surface area contributed by atoms with Gasteiger partial charge in [0.05, 0.1) is 24.8 Å². The molecule has 0 aliphatic rings. The largest absolute Gasteiger partial charge is 0.497 e. The first-order chi connectivity index (χ1) is 12.3. The van der Waals surface area contributed by atoms with Crippen molar-refractivity contribution >= 4 is 21.6 Å². The lowest BCUT2D eigenvalue weighted by molar-refractivity contribution is 0.102. The minimum absolute atomic E-state index is 0.0988. The van der Waals surface area contributed by atoms with E-state index in [1.807, 2.05) is 0 Å². The highest BCUT2D eigenvalue weighted by molar-refractivity contribution is 7.89. The van der Waals surface area contributed by atoms with Crippen LogP contribution in [0.2, 0.25) is 0 Å². The van der Waals surface area contributed by atoms with Crippen LogP contribution in [0.3, 0.4) is 0 Å². The number of methoxy groups -OCH3 is 2. The second-order valence-electron chi connectivity index (χ2n) is 5.82. The summed E-state index contributed by atoms with van der Waals surface area (Å²) in [4.78, 5) is 12.5. The number of rotatable bonds is 7. The third-order valence-electron chi connectivity index (χ3n) is 3.47. The zero-order chi connectivity index (χ0) is 19.3. The standard InChI is InChI=1S/C18H22N2O5S/c1-12(2)20-26(22,23)15-8-5-13(6-9-15)18(21)19-16-11-14(24-3)7-10-17(16)25-4/h5-12,20H,1-4H3,(H,19,21). The van der Waals surface area contributed by atoms with Gasteiger partial charge in [-0.1, -0.05) is 0 Å². The molecule has 2 aromatic rings. The van der Waals surface area contributed by atoms with Crippen LogP contribution < -0.4 is 19.5 Å². The van der Waals surface area contributed by atoms with E-state index in [2.05, 4.69) is 10.0 Å². The van der Waals surface area contributed by atoms with Crippen LogP contribution in [0.5, 0.6) is 11.5 Å². The van der Waals surface area contributed by atoms with Crippen LogP contribution in [-0.4, -0.2) is 34.6 Å². The van der Waals surface area contributed by atoms with Gasteiger partial charge < -0.3 is 14.8 Å². The lowest BCUT2D eigenvalue weighted by Gasteiger charge is -2.12. The first-order valence-electron chi connectivity index (χ1n) is 7.92. The minimum Gasteiger partial charge on any atom is -0.497 e. The molecular formula is C18H22N2O5S. The summed E-state index contributed by atoms with van der Waals surface area (Å²) in [7, 11) is -0.574. The van der Waals surface area contributed by atoms with Gasteiger partial charge in [-0.2, -0.15) is 0 Å². The Morgan fingerprint density at radius 3 is 2.19 bits per heavy atom. The van der Waals surface area contributed by atoms with Crippen LogP contribution in [-0.2, 0) is 10.0 Å². The summed E-state index contributed by atoms with van der Waals surface area (Å²) >= 11 is 0. The average Bonchev–Trinajstić information content (AvgIpc) is 2.60. The quantitative estimate of drug-likeness (QED) is 0.772. The average molecular weight is 378 g/mol. The van der Waals surface area contributed by atoms with Crippen LogP contribution in [0.25, 0.3) is 0 Å². The van der Waals surface area contributed by atoms with Gasteiger partial charge in [-0.05, 0) is 50.2 Å². The molecule has 7 nitrogen and oxygen atoms in total. The molecule has 2 N–H and O–H groups in total. The molecule has 8 heteroatoms. The molecule has 0 spiro atoms. The highest BCUT2D eigenvalue weighted by Crippen LogP contribution is 2.29. The number of nitrogens with one attached hydrogen (secondary N) is 2. The van der Waals surface area contributed by atoms with Gasteiger partial charge in [0.15, 0.2) is 0 Å². The molecule has 1 amide bonds. The monoisotopic (exact) mass is 378 g/mol. The summed E-state index contributed by atoms with van der Waals surface area (Å²) in [5, 5.41) is 2.73. The smallest absolute Gasteiger partial charge is 0.255 e. The number of sulfonamides is 1. The van der Waals surface area contributed by atoms with E-state index >= 15 is 0 Å². The first kappa shape index (κ1) is 19.7. The van der Waals surface area contributed by atoms with Crippen LogP contribution in [0.4, 0.5) is 5.69 Å². The lowest BCUT2D eigenvalue weighted by atomic mass is 10.2. The van der Waals surface area contributed by atoms with Crippen molar-refractivity contribution in [2.75, 3.05) is 19.5 Å². The normalized spacial score (nSPS) is 11.3. The van der Waals surface area contributed by atoms with E-state index in [1.54, 1.807) is 32.0 Å². The molecule has 2 aromatic carbocycles. The molecule has 140 valence electrons. The van der Waals surface area contributed by atoms with E-state index in [9.17, 15) is 13.2 Å². The van der Waals surface area contributed by atoms with E-state index in [0.717, 1.165) is 0 Å². The molecule has 0 atom stereocenters. The minimum atomic E-state index is -3.60. The van der Waals surface area contributed by atoms with Gasteiger partial charge >= 0.3 is 0 Å². The van der Waals surface area contributed by atoms with Gasteiger partial charge in [0.2, 0.25) is 10.0 Å². The number of hydrogen-bond donors (Lipinski definition) is 2. The van der Waals surface area contributed by atoms with Gasteiger partial charge in [-0.25, -0.2) is 13.1 Å². The van der Waals surface area contributed by atoms with E-state index in [4.69, 9.17) is 9.47 Å². The molecule has 2 rings (SSSR count). The summed E-state index contributed by atoms with van der Waals surface area (Å²) in [6.45, 7) is 3.47. The van der Waals surface area contributed by atoms with Crippen molar-refractivity contribution in [2.45, 2.75) is 24.8 Å². The molecule has 0 bridgehead atoms. The van der Waals surface area contributed by atoms with Gasteiger partial charge in [-0.3, -0.25) is 4.79 Å². The molecule has 0 aromatic heterocycles. The zero-order valence-corrected chi connectivity index (χ0v) is 15.9. The molecule has 0 aliphatic heterocycles. The molecular weight excluding hydrogens is 356 g/mol. The van der Waals surface area contributed by atoms with Crippen LogP contribution in [0.15, 0.2) is 47.4 Å². The summed E-state index contributed by atoms with van der Waals surface area (Å²) in [6.07, 6.45) is 0. The predicted octanol–water partition coefficient (Wildman–Crippen LogP) is 2.64. The van der Waals surface area contributed by atoms with Gasteiger partial charge in [0.1, 0.15) is 11.5 Å². The van der Waals surface area contributed by atoms with Gasteiger partial charge in [-0.15, -0.1) is 0 Å². The fourth-order valence-corrected chi connectivity index (χ4v) is 3.52. The van der Waals surface area contributed by atoms with Crippen molar-refractivity contribution < 1.29 is 22.7 Å². The van der Waals surface area contributed by atoms with Crippen LogP contribution in [0, 0.1) is 0 Å². The highest BCUT2D eigenvalue weighted by Gasteiger charge is 2.16. The van der Waals surface area contributed by atoms with Crippen molar-refractivity contribution in [3.63, 3.8) is 0 Å². The Morgan fingerprint density at radius 2 is 1.65 bits per heavy atom. The number of hydrogen-bond acceptors (Lipinski definition) is 5. The predicted molar refractivity (Wildman–Crippen MR) is 99.4 cm³/mol. The summed E-state index contributed by atoms with van der Waals surface area (Å²) in [5.74, 6) is 0.666. The Bertz CT molecular complexity index is 877. The van der Waals surface area contributed by atoms with Crippen molar-refractivity contribution in [3.05, 3.63) is 48.0 Å². The Hall–Kier alpha value is -2.58. The third-order valence-corrected chi connectivity index (χ3v) is 5.15. The Balaban J connectivity index is 2.21. The second-order valence-corrected chi connectivity index (χ2v) is 7.53. The lowest BCUT2D eigenvalue weighted by Crippen LogP contribution is -2.30. The Labute approximate surface area is 153 Å². The molecule has 0 radical (unpaired) electrons. The SMILES string of the molecule is COc1ccc(OC)c(NC(=O)c2ccc(S(=O)(=O)NC(C)C)cc2)c1. The number of ether oxygens (including phenoxy) is 2. The first-order valence-corrected chi connectivity index (χ1v) is 9.41.